The minimum Gasteiger partial charge on any atom is -0.493 e. The van der Waals surface area contributed by atoms with Gasteiger partial charge in [-0.1, -0.05) is 24.4 Å². The Morgan fingerprint density at radius 1 is 1.24 bits per heavy atom. The maximum absolute atomic E-state index is 12.5. The fraction of sp³-hybridized carbons (Fsp3) is 0.360. The first-order chi connectivity index (χ1) is 17.9. The molecule has 4 N–H and O–H groups in total. The molecule has 1 saturated carbocycles. The summed E-state index contributed by atoms with van der Waals surface area (Å²) in [5, 5.41) is 28.6. The number of ether oxygens (including phenoxy) is 2. The van der Waals surface area contributed by atoms with Gasteiger partial charge >= 0.3 is 0 Å². The number of anilines is 2. The number of amides is 1. The zero-order valence-electron chi connectivity index (χ0n) is 20.5. The number of carbonyl (C=O) groups excluding carboxylic acids is 1. The lowest BCUT2D eigenvalue weighted by Crippen LogP contribution is -2.50. The lowest BCUT2D eigenvalue weighted by atomic mass is 9.99. The molecule has 2 aromatic carbocycles. The van der Waals surface area contributed by atoms with E-state index in [4.69, 9.17) is 21.1 Å². The molecule has 1 fully saturated rings. The van der Waals surface area contributed by atoms with E-state index in [1.54, 1.807) is 36.1 Å². The molecule has 1 amide bonds. The Bertz CT molecular complexity index is 1430. The highest BCUT2D eigenvalue weighted by atomic mass is 35.5. The van der Waals surface area contributed by atoms with Crippen molar-refractivity contribution in [1.29, 1.82) is 0 Å². The second-order valence-corrected chi connectivity index (χ2v) is 9.49. The number of rotatable bonds is 9. The zero-order valence-corrected chi connectivity index (χ0v) is 21.3. The molecule has 37 heavy (non-hydrogen) atoms. The van der Waals surface area contributed by atoms with Crippen LogP contribution in [0.25, 0.3) is 22.3 Å². The molecular weight excluding hydrogens is 498 g/mol. The van der Waals surface area contributed by atoms with Gasteiger partial charge in [0.15, 0.2) is 23.9 Å². The number of hydrogen-bond acceptors (Lipinski definition) is 8. The molecule has 0 aliphatic heterocycles. The van der Waals surface area contributed by atoms with Crippen molar-refractivity contribution >= 4 is 40.0 Å². The van der Waals surface area contributed by atoms with E-state index in [0.29, 0.717) is 39.5 Å². The third-order valence-electron chi connectivity index (χ3n) is 6.62. The van der Waals surface area contributed by atoms with Crippen LogP contribution in [0.4, 0.5) is 11.6 Å². The van der Waals surface area contributed by atoms with Crippen LogP contribution in [-0.2, 0) is 11.8 Å². The van der Waals surface area contributed by atoms with Crippen molar-refractivity contribution in [3.05, 3.63) is 41.6 Å². The van der Waals surface area contributed by atoms with Crippen molar-refractivity contribution in [3.63, 3.8) is 0 Å². The summed E-state index contributed by atoms with van der Waals surface area (Å²) in [5.74, 6) is 1.55. The van der Waals surface area contributed by atoms with Gasteiger partial charge in [0.25, 0.3) is 5.91 Å². The molecular formula is C25H28ClN7O4. The molecule has 2 heterocycles. The average Bonchev–Trinajstić information content (AvgIpc) is 3.65. The summed E-state index contributed by atoms with van der Waals surface area (Å²) in [7, 11) is 3.30. The lowest BCUT2D eigenvalue weighted by Gasteiger charge is -2.27. The second-order valence-electron chi connectivity index (χ2n) is 9.11. The van der Waals surface area contributed by atoms with E-state index >= 15 is 0 Å². The van der Waals surface area contributed by atoms with Gasteiger partial charge in [-0.2, -0.15) is 10.1 Å². The highest BCUT2D eigenvalue weighted by Crippen LogP contribution is 2.34. The first kappa shape index (κ1) is 24.8. The number of carbonyl (C=O) groups is 1. The van der Waals surface area contributed by atoms with Crippen molar-refractivity contribution < 1.29 is 19.4 Å². The summed E-state index contributed by atoms with van der Waals surface area (Å²) in [4.78, 5) is 17.1. The SMILES string of the molecule is COc1cc(-c2nc(Nc3ccc4[nH]ncc4c3Cl)n(C)n2)ccc1OCC(=O)NC1(CO)CCCC1. The van der Waals surface area contributed by atoms with Gasteiger partial charge < -0.3 is 25.2 Å². The Labute approximate surface area is 218 Å². The number of methoxy groups -OCH3 is 1. The molecule has 12 heteroatoms. The van der Waals surface area contributed by atoms with E-state index in [2.05, 4.69) is 30.9 Å². The molecule has 1 aliphatic carbocycles. The van der Waals surface area contributed by atoms with Gasteiger partial charge in [0.05, 0.1) is 41.7 Å². The predicted molar refractivity (Wildman–Crippen MR) is 139 cm³/mol. The molecule has 0 bridgehead atoms. The average molecular weight is 526 g/mol. The normalized spacial score (nSPS) is 14.6. The number of benzene rings is 2. The van der Waals surface area contributed by atoms with E-state index in [1.165, 1.54) is 7.11 Å². The van der Waals surface area contributed by atoms with Gasteiger partial charge in [0.2, 0.25) is 5.95 Å². The summed E-state index contributed by atoms with van der Waals surface area (Å²) in [5.41, 5.74) is 1.68. The monoisotopic (exact) mass is 525 g/mol. The molecule has 0 atom stereocenters. The van der Waals surface area contributed by atoms with Crippen molar-refractivity contribution in [3.8, 4) is 22.9 Å². The Balaban J connectivity index is 1.29. The van der Waals surface area contributed by atoms with Gasteiger partial charge in [-0.3, -0.25) is 9.89 Å². The number of hydrogen-bond donors (Lipinski definition) is 4. The number of aryl methyl sites for hydroxylation is 1. The minimum absolute atomic E-state index is 0.0746. The molecule has 4 aromatic rings. The van der Waals surface area contributed by atoms with Gasteiger partial charge in [-0.05, 0) is 43.2 Å². The number of H-pyrrole nitrogens is 1. The molecule has 0 saturated heterocycles. The fourth-order valence-corrected chi connectivity index (χ4v) is 4.85. The molecule has 2 aromatic heterocycles. The Morgan fingerprint density at radius 2 is 2.05 bits per heavy atom. The highest BCUT2D eigenvalue weighted by molar-refractivity contribution is 6.38. The third kappa shape index (κ3) is 5.05. The summed E-state index contributed by atoms with van der Waals surface area (Å²) >= 11 is 6.53. The smallest absolute Gasteiger partial charge is 0.258 e. The standard InChI is InChI=1S/C25H28ClN7O4/c1-33-24(28-18-7-6-17-16(22(18)26)12-27-31-17)29-23(32-33)15-5-8-19(20(11-15)36-2)37-13-21(35)30-25(14-34)9-3-4-10-25/h5-8,11-12,34H,3-4,9-10,13-14H2,1-2H3,(H,27,31)(H,30,35)(H,28,29,32). The predicted octanol–water partition coefficient (Wildman–Crippen LogP) is 3.56. The van der Waals surface area contributed by atoms with Gasteiger partial charge in [0.1, 0.15) is 0 Å². The van der Waals surface area contributed by atoms with Gasteiger partial charge in [-0.25, -0.2) is 4.68 Å². The molecule has 0 radical (unpaired) electrons. The van der Waals surface area contributed by atoms with Crippen molar-refractivity contribution in [2.24, 2.45) is 7.05 Å². The number of aliphatic hydroxyl groups is 1. The van der Waals surface area contributed by atoms with E-state index < -0.39 is 5.54 Å². The number of fused-ring (bicyclic) bond motifs is 1. The lowest BCUT2D eigenvalue weighted by molar-refractivity contribution is -0.125. The Kier molecular flexibility index (Phi) is 6.90. The van der Waals surface area contributed by atoms with Crippen molar-refractivity contribution in [1.82, 2.24) is 30.3 Å². The highest BCUT2D eigenvalue weighted by Gasteiger charge is 2.34. The van der Waals surface area contributed by atoms with Crippen LogP contribution in [0.2, 0.25) is 5.02 Å². The number of aliphatic hydroxyl groups excluding tert-OH is 1. The Hall–Kier alpha value is -3.83. The summed E-state index contributed by atoms with van der Waals surface area (Å²) in [6.07, 6.45) is 5.19. The number of halogens is 1. The van der Waals surface area contributed by atoms with E-state index in [0.717, 1.165) is 36.6 Å². The third-order valence-corrected chi connectivity index (χ3v) is 7.02. The number of nitrogens with one attached hydrogen (secondary N) is 3. The van der Waals surface area contributed by atoms with Crippen LogP contribution in [-0.4, -0.2) is 61.8 Å². The first-order valence-electron chi connectivity index (χ1n) is 11.9. The molecule has 194 valence electrons. The zero-order chi connectivity index (χ0) is 26.0. The van der Waals surface area contributed by atoms with Crippen LogP contribution in [0.5, 0.6) is 11.5 Å². The molecule has 11 nitrogen and oxygen atoms in total. The molecule has 1 aliphatic rings. The maximum Gasteiger partial charge on any atom is 0.258 e. The first-order valence-corrected chi connectivity index (χ1v) is 12.3. The van der Waals surface area contributed by atoms with Crippen molar-refractivity contribution in [2.75, 3.05) is 25.6 Å². The maximum atomic E-state index is 12.5. The van der Waals surface area contributed by atoms with Crippen LogP contribution < -0.4 is 20.1 Å². The molecule has 0 spiro atoms. The summed E-state index contributed by atoms with van der Waals surface area (Å²) in [6.45, 7) is -0.260. The van der Waals surface area contributed by atoms with Crippen molar-refractivity contribution in [2.45, 2.75) is 31.2 Å². The minimum atomic E-state index is -0.542. The number of aromatic nitrogens is 5. The second kappa shape index (κ2) is 10.3. The number of nitrogens with zero attached hydrogens (tertiary/aromatic N) is 4. The Morgan fingerprint density at radius 3 is 2.81 bits per heavy atom. The van der Waals surface area contributed by atoms with Crippen LogP contribution in [0, 0.1) is 0 Å². The van der Waals surface area contributed by atoms with Crippen LogP contribution in [0.15, 0.2) is 36.5 Å². The topological polar surface area (TPSA) is 139 Å². The summed E-state index contributed by atoms with van der Waals surface area (Å²) < 4.78 is 12.8. The summed E-state index contributed by atoms with van der Waals surface area (Å²) in [6, 6.07) is 8.99. The molecule has 5 rings (SSSR count). The van der Waals surface area contributed by atoms with E-state index in [9.17, 15) is 9.90 Å². The van der Waals surface area contributed by atoms with Crippen LogP contribution >= 0.6 is 11.6 Å². The van der Waals surface area contributed by atoms with Crippen LogP contribution in [0.1, 0.15) is 25.7 Å². The number of aromatic amines is 1. The fourth-order valence-electron chi connectivity index (χ4n) is 4.59. The van der Waals surface area contributed by atoms with E-state index in [1.807, 2.05) is 12.1 Å². The molecule has 0 unspecified atom stereocenters. The van der Waals surface area contributed by atoms with Gasteiger partial charge in [0, 0.05) is 18.0 Å². The largest absolute Gasteiger partial charge is 0.493 e. The van der Waals surface area contributed by atoms with E-state index in [-0.39, 0.29) is 19.1 Å². The van der Waals surface area contributed by atoms with Gasteiger partial charge in [-0.15, -0.1) is 5.10 Å². The van der Waals surface area contributed by atoms with Crippen LogP contribution in [0.3, 0.4) is 0 Å². The quantitative estimate of drug-likeness (QED) is 0.260.